The number of methoxy groups -OCH3 is 1. The molecule has 11 heteroatoms. The zero-order chi connectivity index (χ0) is 26.6. The van der Waals surface area contributed by atoms with Gasteiger partial charge in [-0.1, -0.05) is 17.7 Å². The minimum atomic E-state index is -0.553. The summed E-state index contributed by atoms with van der Waals surface area (Å²) < 4.78 is 26.5. The molecule has 3 aromatic rings. The summed E-state index contributed by atoms with van der Waals surface area (Å²) in [5, 5.41) is 7.00. The van der Waals surface area contributed by atoms with Gasteiger partial charge in [-0.15, -0.1) is 0 Å². The molecule has 1 saturated heterocycles. The number of anilines is 2. The number of ether oxygens (including phenoxy) is 2. The van der Waals surface area contributed by atoms with Gasteiger partial charge >= 0.3 is 6.03 Å². The second-order valence-electron chi connectivity index (χ2n) is 9.65. The molecule has 2 amide bonds. The lowest BCUT2D eigenvalue weighted by molar-refractivity contribution is 0.0920. The Labute approximate surface area is 226 Å². The monoisotopic (exact) mass is 542 g/mol. The first-order valence-electron chi connectivity index (χ1n) is 12.9. The van der Waals surface area contributed by atoms with E-state index in [0.29, 0.717) is 28.2 Å². The van der Waals surface area contributed by atoms with E-state index in [-0.39, 0.29) is 28.9 Å². The number of nitrogens with one attached hydrogen (secondary N) is 2. The van der Waals surface area contributed by atoms with Gasteiger partial charge in [0.1, 0.15) is 12.1 Å². The summed E-state index contributed by atoms with van der Waals surface area (Å²) in [5.74, 6) is 1.01. The number of piperazine rings is 1. The van der Waals surface area contributed by atoms with Crippen LogP contribution in [0.4, 0.5) is 20.7 Å². The Balaban J connectivity index is 1.30. The standard InChI is InChI=1S/C27H32ClFN6O3/c1-34(27(36)35-12-10-30-11-13-35)17-6-8-18(9-7-17)38-24-14-19-22(15-23(24)37-2)31-16-32-26(19)33-21-5-3-4-20(28)25(21)29/h3-5,14-18,30H,6-13H2,1-2H3,(H,31,32,33)/t17-,18+. The minimum absolute atomic E-state index is 0.0216. The SMILES string of the molecule is COc1cc2ncnc(Nc3cccc(Cl)c3F)c2cc1O[C@H]1CC[C@@H](N(C)C(=O)N2CCNCC2)CC1. The van der Waals surface area contributed by atoms with Crippen LogP contribution >= 0.6 is 11.6 Å². The van der Waals surface area contributed by atoms with Crippen LogP contribution in [0.25, 0.3) is 10.9 Å². The van der Waals surface area contributed by atoms with Crippen molar-refractivity contribution in [1.82, 2.24) is 25.1 Å². The van der Waals surface area contributed by atoms with Gasteiger partial charge in [-0.2, -0.15) is 0 Å². The highest BCUT2D eigenvalue weighted by atomic mass is 35.5. The van der Waals surface area contributed by atoms with Crippen molar-refractivity contribution in [3.8, 4) is 11.5 Å². The molecule has 1 saturated carbocycles. The Morgan fingerprint density at radius 2 is 1.92 bits per heavy atom. The Hall–Kier alpha value is -3.37. The fraction of sp³-hybridized carbons (Fsp3) is 0.444. The number of hydrogen-bond donors (Lipinski definition) is 2. The molecule has 2 N–H and O–H groups in total. The van der Waals surface area contributed by atoms with E-state index in [2.05, 4.69) is 20.6 Å². The number of urea groups is 1. The lowest BCUT2D eigenvalue weighted by atomic mass is 9.92. The molecular weight excluding hydrogens is 511 g/mol. The minimum Gasteiger partial charge on any atom is -0.493 e. The van der Waals surface area contributed by atoms with E-state index in [9.17, 15) is 9.18 Å². The third-order valence-electron chi connectivity index (χ3n) is 7.30. The van der Waals surface area contributed by atoms with Crippen LogP contribution in [0.15, 0.2) is 36.7 Å². The largest absolute Gasteiger partial charge is 0.493 e. The van der Waals surface area contributed by atoms with Gasteiger partial charge in [0.2, 0.25) is 0 Å². The average molecular weight is 543 g/mol. The molecule has 9 nitrogen and oxygen atoms in total. The summed E-state index contributed by atoms with van der Waals surface area (Å²) in [6.45, 7) is 3.16. The van der Waals surface area contributed by atoms with Crippen LogP contribution < -0.4 is 20.1 Å². The zero-order valence-electron chi connectivity index (χ0n) is 21.5. The second-order valence-corrected chi connectivity index (χ2v) is 10.1. The molecular formula is C27H32ClFN6O3. The highest BCUT2D eigenvalue weighted by Crippen LogP contribution is 2.37. The van der Waals surface area contributed by atoms with Crippen molar-refractivity contribution >= 4 is 40.0 Å². The third kappa shape index (κ3) is 5.56. The van der Waals surface area contributed by atoms with Crippen LogP contribution in [-0.4, -0.2) is 78.3 Å². The van der Waals surface area contributed by atoms with Gasteiger partial charge in [-0.25, -0.2) is 19.2 Å². The highest BCUT2D eigenvalue weighted by molar-refractivity contribution is 6.31. The van der Waals surface area contributed by atoms with Crippen LogP contribution in [0.5, 0.6) is 11.5 Å². The van der Waals surface area contributed by atoms with Gasteiger partial charge in [0, 0.05) is 50.7 Å². The highest BCUT2D eigenvalue weighted by Gasteiger charge is 2.30. The maximum absolute atomic E-state index is 14.5. The first kappa shape index (κ1) is 26.2. The van der Waals surface area contributed by atoms with E-state index in [1.807, 2.05) is 22.9 Å². The van der Waals surface area contributed by atoms with Gasteiger partial charge in [0.05, 0.1) is 29.4 Å². The molecule has 1 aliphatic carbocycles. The molecule has 202 valence electrons. The van der Waals surface area contributed by atoms with Crippen LogP contribution in [-0.2, 0) is 0 Å². The maximum atomic E-state index is 14.5. The fourth-order valence-corrected chi connectivity index (χ4v) is 5.28. The molecule has 5 rings (SSSR count). The number of aromatic nitrogens is 2. The fourth-order valence-electron chi connectivity index (χ4n) is 5.11. The van der Waals surface area contributed by atoms with Crippen LogP contribution in [0.1, 0.15) is 25.7 Å². The molecule has 0 spiro atoms. The van der Waals surface area contributed by atoms with Crippen LogP contribution in [0.3, 0.4) is 0 Å². The summed E-state index contributed by atoms with van der Waals surface area (Å²) in [6, 6.07) is 8.65. The van der Waals surface area contributed by atoms with Gasteiger partial charge in [0.25, 0.3) is 0 Å². The van der Waals surface area contributed by atoms with E-state index in [1.54, 1.807) is 25.3 Å². The van der Waals surface area contributed by atoms with E-state index >= 15 is 0 Å². The molecule has 0 atom stereocenters. The summed E-state index contributed by atoms with van der Waals surface area (Å²) in [4.78, 5) is 25.4. The molecule has 1 aliphatic heterocycles. The Morgan fingerprint density at radius 3 is 2.66 bits per heavy atom. The van der Waals surface area contributed by atoms with Crippen LogP contribution in [0, 0.1) is 5.82 Å². The van der Waals surface area contributed by atoms with Crippen molar-refractivity contribution in [3.63, 3.8) is 0 Å². The molecule has 0 bridgehead atoms. The Bertz CT molecular complexity index is 1300. The van der Waals surface area contributed by atoms with Crippen molar-refractivity contribution in [3.05, 3.63) is 47.5 Å². The molecule has 38 heavy (non-hydrogen) atoms. The molecule has 2 fully saturated rings. The van der Waals surface area contributed by atoms with Gasteiger partial charge < -0.3 is 29.9 Å². The normalized spacial score (nSPS) is 19.7. The summed E-state index contributed by atoms with van der Waals surface area (Å²) in [7, 11) is 3.49. The summed E-state index contributed by atoms with van der Waals surface area (Å²) >= 11 is 5.95. The quantitative estimate of drug-likeness (QED) is 0.461. The van der Waals surface area contributed by atoms with E-state index in [4.69, 9.17) is 21.1 Å². The zero-order valence-corrected chi connectivity index (χ0v) is 22.3. The number of fused-ring (bicyclic) bond motifs is 1. The van der Waals surface area contributed by atoms with E-state index < -0.39 is 5.82 Å². The van der Waals surface area contributed by atoms with Crippen molar-refractivity contribution in [2.45, 2.75) is 37.8 Å². The van der Waals surface area contributed by atoms with Crippen molar-refractivity contribution in [1.29, 1.82) is 0 Å². The number of carbonyl (C=O) groups is 1. The number of halogens is 2. The second kappa shape index (κ2) is 11.6. The van der Waals surface area contributed by atoms with Crippen molar-refractivity contribution in [2.75, 3.05) is 45.7 Å². The predicted octanol–water partition coefficient (Wildman–Crippen LogP) is 4.82. The third-order valence-corrected chi connectivity index (χ3v) is 7.59. The summed E-state index contributed by atoms with van der Waals surface area (Å²) in [6.07, 6.45) is 4.74. The molecule has 1 aromatic heterocycles. The molecule has 2 aliphatic rings. The number of rotatable bonds is 6. The lowest BCUT2D eigenvalue weighted by Gasteiger charge is -2.38. The maximum Gasteiger partial charge on any atom is 0.320 e. The van der Waals surface area contributed by atoms with E-state index in [0.717, 1.165) is 51.9 Å². The first-order valence-corrected chi connectivity index (χ1v) is 13.2. The Kier molecular flexibility index (Phi) is 7.99. The predicted molar refractivity (Wildman–Crippen MR) is 145 cm³/mol. The number of carbonyl (C=O) groups excluding carboxylic acids is 1. The van der Waals surface area contributed by atoms with Crippen molar-refractivity contribution < 1.29 is 18.7 Å². The lowest BCUT2D eigenvalue weighted by Crippen LogP contribution is -2.53. The number of amides is 2. The van der Waals surface area contributed by atoms with Crippen molar-refractivity contribution in [2.24, 2.45) is 0 Å². The van der Waals surface area contributed by atoms with Gasteiger partial charge in [0.15, 0.2) is 17.3 Å². The number of benzene rings is 2. The Morgan fingerprint density at radius 1 is 1.16 bits per heavy atom. The molecule has 0 radical (unpaired) electrons. The smallest absolute Gasteiger partial charge is 0.320 e. The molecule has 2 heterocycles. The average Bonchev–Trinajstić information content (AvgIpc) is 2.95. The molecule has 2 aromatic carbocycles. The van der Waals surface area contributed by atoms with Crippen LogP contribution in [0.2, 0.25) is 5.02 Å². The first-order chi connectivity index (χ1) is 18.4. The van der Waals surface area contributed by atoms with Gasteiger partial charge in [-0.05, 0) is 43.9 Å². The van der Waals surface area contributed by atoms with Gasteiger partial charge in [-0.3, -0.25) is 0 Å². The topological polar surface area (TPSA) is 91.9 Å². The molecule has 0 unspecified atom stereocenters. The number of hydrogen-bond acceptors (Lipinski definition) is 7. The summed E-state index contributed by atoms with van der Waals surface area (Å²) in [5.41, 5.74) is 0.847. The number of nitrogens with zero attached hydrogens (tertiary/aromatic N) is 4. The van der Waals surface area contributed by atoms with E-state index in [1.165, 1.54) is 12.4 Å².